The van der Waals surface area contributed by atoms with Crippen LogP contribution >= 0.6 is 11.3 Å². The van der Waals surface area contributed by atoms with Crippen LogP contribution in [0.25, 0.3) is 16.5 Å². The Bertz CT molecular complexity index is 1200. The van der Waals surface area contributed by atoms with Crippen molar-refractivity contribution in [3.05, 3.63) is 55.9 Å². The van der Waals surface area contributed by atoms with Gasteiger partial charge < -0.3 is 14.9 Å². The Balaban J connectivity index is 2.50. The van der Waals surface area contributed by atoms with Crippen LogP contribution in [0.1, 0.15) is 64.6 Å². The average Bonchev–Trinajstić information content (AvgIpc) is 3.32. The predicted octanol–water partition coefficient (Wildman–Crippen LogP) is 6.09. The molecule has 2 heterocycles. The van der Waals surface area contributed by atoms with Crippen molar-refractivity contribution in [1.29, 1.82) is 0 Å². The van der Waals surface area contributed by atoms with Gasteiger partial charge >= 0.3 is 12.1 Å². The lowest BCUT2D eigenvalue weighted by molar-refractivity contribution is -0.154. The molecule has 1 aromatic rings. The van der Waals surface area contributed by atoms with Crippen LogP contribution in [0.5, 0.6) is 0 Å². The molecule has 1 aliphatic rings. The molecule has 1 aromatic heterocycles. The van der Waals surface area contributed by atoms with E-state index in [-0.39, 0.29) is 13.0 Å². The molecule has 9 nitrogen and oxygen atoms in total. The van der Waals surface area contributed by atoms with Gasteiger partial charge in [0.15, 0.2) is 0 Å². The van der Waals surface area contributed by atoms with Crippen LogP contribution < -0.4 is 0 Å². The summed E-state index contributed by atoms with van der Waals surface area (Å²) in [5.74, 6) is -2.98. The van der Waals surface area contributed by atoms with Crippen molar-refractivity contribution >= 4 is 29.2 Å². The summed E-state index contributed by atoms with van der Waals surface area (Å²) in [7, 11) is 0. The molecule has 5 atom stereocenters. The highest BCUT2D eigenvalue weighted by Gasteiger charge is 2.42. The van der Waals surface area contributed by atoms with Gasteiger partial charge in [0, 0.05) is 34.1 Å². The summed E-state index contributed by atoms with van der Waals surface area (Å²) in [5.41, 5.74) is 7.07. The second-order valence-corrected chi connectivity index (χ2v) is 11.4. The Hall–Kier alpha value is -2.99. The van der Waals surface area contributed by atoms with Crippen molar-refractivity contribution < 1.29 is 37.7 Å². The number of aliphatic hydroxyl groups is 2. The Kier molecular flexibility index (Phi) is 11.7. The maximum atomic E-state index is 13.8. The number of hydrogen-bond acceptors (Lipinski definition) is 8. The molecule has 0 saturated heterocycles. The minimum Gasteiger partial charge on any atom is -0.457 e. The number of allylic oxidation sites excluding steroid dienone is 2. The maximum Gasteiger partial charge on any atom is 0.412 e. The zero-order valence-electron chi connectivity index (χ0n) is 23.1. The summed E-state index contributed by atoms with van der Waals surface area (Å²) >= 11 is 1.23. The van der Waals surface area contributed by atoms with Gasteiger partial charge in [0.25, 0.3) is 0 Å². The number of hydrogen-bond donors (Lipinski definition) is 2. The number of azide groups is 1. The first kappa shape index (κ1) is 33.2. The van der Waals surface area contributed by atoms with Crippen LogP contribution in [-0.4, -0.2) is 51.4 Å². The molecule has 40 heavy (non-hydrogen) atoms. The monoisotopic (exact) mass is 584 g/mol. The molecule has 0 aliphatic carbocycles. The number of nitrogens with zero attached hydrogens (tertiary/aromatic N) is 4. The van der Waals surface area contributed by atoms with E-state index in [1.165, 1.54) is 44.3 Å². The van der Waals surface area contributed by atoms with Gasteiger partial charge in [0.05, 0.1) is 41.3 Å². The molecule has 0 fully saturated rings. The summed E-state index contributed by atoms with van der Waals surface area (Å²) in [6.07, 6.45) is -4.56. The highest BCUT2D eigenvalue weighted by molar-refractivity contribution is 7.09. The van der Waals surface area contributed by atoms with Crippen molar-refractivity contribution in [3.63, 3.8) is 0 Å². The first-order valence-electron chi connectivity index (χ1n) is 12.7. The van der Waals surface area contributed by atoms with Gasteiger partial charge in [-0.05, 0) is 30.5 Å². The molecule has 0 radical (unpaired) electrons. The van der Waals surface area contributed by atoms with E-state index in [2.05, 4.69) is 15.0 Å². The SMILES string of the molecule is CC(=Cc1csc(CN=[N+]=[N-])n1)[C@@H]1CC=C(C(F)(F)F)CC=C[C@H](C)[C@H](O)[C@@H](C)C(=O)C(C)(C)[C@@H](O)CC(=O)O1. The van der Waals surface area contributed by atoms with Gasteiger partial charge in [-0.3, -0.25) is 9.59 Å². The van der Waals surface area contributed by atoms with E-state index in [9.17, 15) is 33.0 Å². The number of alkyl halides is 3. The third-order valence-electron chi connectivity index (χ3n) is 7.01. The van der Waals surface area contributed by atoms with Crippen molar-refractivity contribution in [1.82, 2.24) is 4.98 Å². The van der Waals surface area contributed by atoms with E-state index in [0.717, 1.165) is 6.08 Å². The van der Waals surface area contributed by atoms with Gasteiger partial charge in [0.1, 0.15) is 11.9 Å². The molecule has 0 saturated carbocycles. The van der Waals surface area contributed by atoms with Gasteiger partial charge in [-0.2, -0.15) is 13.2 Å². The number of thiazole rings is 1. The fraction of sp³-hybridized carbons (Fsp3) is 0.593. The topological polar surface area (TPSA) is 145 Å². The van der Waals surface area contributed by atoms with Crippen LogP contribution in [0.2, 0.25) is 0 Å². The Labute approximate surface area is 235 Å². The highest BCUT2D eigenvalue weighted by Crippen LogP contribution is 2.33. The Morgan fingerprint density at radius 3 is 2.62 bits per heavy atom. The normalized spacial score (nSPS) is 27.5. The van der Waals surface area contributed by atoms with Crippen molar-refractivity contribution in [2.75, 3.05) is 0 Å². The number of Topliss-reactive ketones (excluding diaryl/α,β-unsaturated/α-hetero) is 1. The molecule has 220 valence electrons. The lowest BCUT2D eigenvalue weighted by Crippen LogP contribution is -2.45. The fourth-order valence-electron chi connectivity index (χ4n) is 4.28. The lowest BCUT2D eigenvalue weighted by Gasteiger charge is -2.34. The third kappa shape index (κ3) is 9.02. The van der Waals surface area contributed by atoms with Crippen LogP contribution in [-0.2, 0) is 20.9 Å². The van der Waals surface area contributed by atoms with E-state index >= 15 is 0 Å². The molecule has 0 unspecified atom stereocenters. The molecule has 0 aromatic carbocycles. The van der Waals surface area contributed by atoms with Crippen molar-refractivity contribution in [3.8, 4) is 0 Å². The third-order valence-corrected chi connectivity index (χ3v) is 7.86. The van der Waals surface area contributed by atoms with Crippen LogP contribution in [0.15, 0.2) is 39.9 Å². The summed E-state index contributed by atoms with van der Waals surface area (Å²) in [5, 5.41) is 27.1. The molecule has 0 spiro atoms. The molecule has 2 N–H and O–H groups in total. The number of cyclic esters (lactones) is 1. The number of halogens is 3. The maximum absolute atomic E-state index is 13.8. The zero-order valence-corrected chi connectivity index (χ0v) is 23.9. The van der Waals surface area contributed by atoms with Gasteiger partial charge in [-0.15, -0.1) is 11.3 Å². The van der Waals surface area contributed by atoms with E-state index in [4.69, 9.17) is 10.3 Å². The van der Waals surface area contributed by atoms with Crippen molar-refractivity contribution in [2.45, 2.75) is 84.9 Å². The highest BCUT2D eigenvalue weighted by atomic mass is 32.1. The number of ketones is 1. The summed E-state index contributed by atoms with van der Waals surface area (Å²) in [6.45, 7) is 7.63. The lowest BCUT2D eigenvalue weighted by atomic mass is 9.73. The van der Waals surface area contributed by atoms with E-state index in [1.807, 2.05) is 0 Å². The summed E-state index contributed by atoms with van der Waals surface area (Å²) in [6, 6.07) is 0. The smallest absolute Gasteiger partial charge is 0.412 e. The van der Waals surface area contributed by atoms with Crippen molar-refractivity contribution in [2.24, 2.45) is 22.4 Å². The quantitative estimate of drug-likeness (QED) is 0.144. The second kappa shape index (κ2) is 14.1. The molecular weight excluding hydrogens is 549 g/mol. The first-order chi connectivity index (χ1) is 18.6. The molecule has 1 aliphatic heterocycles. The van der Waals surface area contributed by atoms with E-state index in [1.54, 1.807) is 25.3 Å². The fourth-order valence-corrected chi connectivity index (χ4v) is 4.95. The number of aromatic nitrogens is 1. The second-order valence-electron chi connectivity index (χ2n) is 10.5. The zero-order chi connectivity index (χ0) is 30.3. The number of aliphatic hydroxyl groups excluding tert-OH is 2. The molecule has 13 heteroatoms. The number of carbonyl (C=O) groups excluding carboxylic acids is 2. The minimum atomic E-state index is -4.65. The number of ether oxygens (including phenoxy) is 1. The standard InChI is InChI=1S/C27H35F3N4O5S/c1-15-7-6-8-18(27(28,29)30)9-10-20(16(2)11-19-14-40-22(33-19)13-32-34-31)39-23(36)12-21(35)26(4,5)25(38)17(3)24(15)37/h6-7,9,11,14-15,17,20-21,24,35,37H,8,10,12-13H2,1-5H3/t15-,17+,20-,21-,24-/m0/s1. The number of esters is 1. The first-order valence-corrected chi connectivity index (χ1v) is 13.6. The Morgan fingerprint density at radius 1 is 1.32 bits per heavy atom. The van der Waals surface area contributed by atoms with E-state index in [0.29, 0.717) is 16.3 Å². The molecule has 2 rings (SSSR count). The minimum absolute atomic E-state index is 0.0400. The number of rotatable bonds is 4. The summed E-state index contributed by atoms with van der Waals surface area (Å²) < 4.78 is 47.0. The number of carbonyl (C=O) groups is 2. The molecule has 0 amide bonds. The van der Waals surface area contributed by atoms with Crippen LogP contribution in [0.4, 0.5) is 13.2 Å². The van der Waals surface area contributed by atoms with Crippen LogP contribution in [0.3, 0.4) is 0 Å². The average molecular weight is 585 g/mol. The Morgan fingerprint density at radius 2 is 2.00 bits per heavy atom. The van der Waals surface area contributed by atoms with Gasteiger partial charge in [-0.1, -0.05) is 51.0 Å². The predicted molar refractivity (Wildman–Crippen MR) is 145 cm³/mol. The molecule has 0 bridgehead atoms. The van der Waals surface area contributed by atoms with Gasteiger partial charge in [0.2, 0.25) is 0 Å². The molecular formula is C27H35F3N4O5S. The van der Waals surface area contributed by atoms with Gasteiger partial charge in [-0.25, -0.2) is 4.98 Å². The van der Waals surface area contributed by atoms with E-state index < -0.39 is 71.9 Å². The summed E-state index contributed by atoms with van der Waals surface area (Å²) in [4.78, 5) is 33.0. The van der Waals surface area contributed by atoms with Crippen LogP contribution in [0, 0.1) is 17.3 Å². The largest absolute Gasteiger partial charge is 0.457 e.